The quantitative estimate of drug-likeness (QED) is 0.198. The summed E-state index contributed by atoms with van der Waals surface area (Å²) in [5, 5.41) is 15.8. The number of halogens is 1. The molecule has 3 rings (SSSR count). The number of carbonyl (C=O) groups is 2. The summed E-state index contributed by atoms with van der Waals surface area (Å²) in [7, 11) is -2.75. The molecule has 0 aromatic heterocycles. The van der Waals surface area contributed by atoms with Crippen molar-refractivity contribution in [3.8, 4) is 0 Å². The van der Waals surface area contributed by atoms with E-state index in [1.165, 1.54) is 23.5 Å². The third-order valence-electron chi connectivity index (χ3n) is 7.24. The SMILES string of the molecule is COC(=O)N[C@H](C(=O)NCCCCC(CO)N(CC(C)C)S(=O)(=O)c1ccc(F)cc1)C(c1ccccc1)c1ccccc1. The Bertz CT molecular complexity index is 1380. The number of nitrogens with one attached hydrogen (secondary N) is 2. The molecule has 0 aliphatic rings. The van der Waals surface area contributed by atoms with Gasteiger partial charge in [-0.1, -0.05) is 80.9 Å². The Balaban J connectivity index is 1.70. The molecular formula is C33H42FN3O6S. The topological polar surface area (TPSA) is 125 Å². The molecule has 3 aromatic carbocycles. The van der Waals surface area contributed by atoms with Gasteiger partial charge in [-0.15, -0.1) is 0 Å². The zero-order valence-corrected chi connectivity index (χ0v) is 26.2. The summed E-state index contributed by atoms with van der Waals surface area (Å²) in [6, 6.07) is 21.8. The van der Waals surface area contributed by atoms with Crippen LogP contribution in [-0.2, 0) is 19.6 Å². The van der Waals surface area contributed by atoms with E-state index in [0.29, 0.717) is 19.3 Å². The molecule has 0 fully saturated rings. The number of carbonyl (C=O) groups excluding carboxylic acids is 2. The van der Waals surface area contributed by atoms with Crippen molar-refractivity contribution in [3.63, 3.8) is 0 Å². The summed E-state index contributed by atoms with van der Waals surface area (Å²) in [5.41, 5.74) is 1.68. The highest BCUT2D eigenvalue weighted by Crippen LogP contribution is 2.29. The normalized spacial score (nSPS) is 13.1. The fourth-order valence-electron chi connectivity index (χ4n) is 5.08. The van der Waals surface area contributed by atoms with Crippen molar-refractivity contribution in [2.75, 3.05) is 26.8 Å². The fraction of sp³-hybridized carbons (Fsp3) is 0.394. The predicted octanol–water partition coefficient (Wildman–Crippen LogP) is 4.68. The van der Waals surface area contributed by atoms with Crippen molar-refractivity contribution < 1.29 is 32.2 Å². The molecule has 238 valence electrons. The highest BCUT2D eigenvalue weighted by Gasteiger charge is 2.33. The molecule has 0 aliphatic carbocycles. The maximum absolute atomic E-state index is 13.5. The molecule has 11 heteroatoms. The van der Waals surface area contributed by atoms with Crippen LogP contribution in [0.5, 0.6) is 0 Å². The number of hydrogen-bond donors (Lipinski definition) is 3. The van der Waals surface area contributed by atoms with Gasteiger partial charge in [-0.3, -0.25) is 4.79 Å². The summed E-state index contributed by atoms with van der Waals surface area (Å²) in [4.78, 5) is 25.8. The van der Waals surface area contributed by atoms with Gasteiger partial charge >= 0.3 is 6.09 Å². The Morgan fingerprint density at radius 3 is 1.98 bits per heavy atom. The van der Waals surface area contributed by atoms with E-state index in [1.807, 2.05) is 74.5 Å². The van der Waals surface area contributed by atoms with Gasteiger partial charge in [0.25, 0.3) is 0 Å². The van der Waals surface area contributed by atoms with E-state index in [4.69, 9.17) is 4.74 Å². The second kappa shape index (κ2) is 16.9. The molecule has 9 nitrogen and oxygen atoms in total. The number of alkyl carbamates (subject to hydrolysis) is 1. The minimum atomic E-state index is -3.98. The number of nitrogens with zero attached hydrogens (tertiary/aromatic N) is 1. The van der Waals surface area contributed by atoms with Crippen LogP contribution in [0.2, 0.25) is 0 Å². The molecule has 3 N–H and O–H groups in total. The van der Waals surface area contributed by atoms with Gasteiger partial charge in [-0.25, -0.2) is 17.6 Å². The van der Waals surface area contributed by atoms with Crippen molar-refractivity contribution >= 4 is 22.0 Å². The van der Waals surface area contributed by atoms with Crippen LogP contribution in [0.15, 0.2) is 89.8 Å². The molecule has 3 aromatic rings. The summed E-state index contributed by atoms with van der Waals surface area (Å²) < 4.78 is 46.4. The van der Waals surface area contributed by atoms with Crippen LogP contribution < -0.4 is 10.6 Å². The molecule has 0 spiro atoms. The standard InChI is InChI=1S/C33H42FN3O6S/c1-24(2)22-37(44(41,42)29-19-17-27(34)18-20-29)28(23-38)16-10-11-21-35-32(39)31(36-33(40)43-3)30(25-12-6-4-7-13-25)26-14-8-5-9-15-26/h4-9,12-15,17-20,24,28,30-31,38H,10-11,16,21-23H2,1-3H3,(H,35,39)(H,36,40)/t28?,31-/m0/s1. The molecule has 1 unspecified atom stereocenters. The van der Waals surface area contributed by atoms with Gasteiger partial charge in [0.2, 0.25) is 15.9 Å². The third-order valence-corrected chi connectivity index (χ3v) is 9.17. The molecule has 0 radical (unpaired) electrons. The fourth-order valence-corrected chi connectivity index (χ4v) is 6.89. The Hall–Kier alpha value is -3.80. The monoisotopic (exact) mass is 627 g/mol. The van der Waals surface area contributed by atoms with Gasteiger partial charge in [0, 0.05) is 25.0 Å². The van der Waals surface area contributed by atoms with E-state index in [0.717, 1.165) is 23.3 Å². The number of benzene rings is 3. The lowest BCUT2D eigenvalue weighted by Gasteiger charge is -2.31. The number of aliphatic hydroxyl groups excluding tert-OH is 1. The van der Waals surface area contributed by atoms with Crippen molar-refractivity contribution in [2.24, 2.45) is 5.92 Å². The maximum Gasteiger partial charge on any atom is 0.407 e. The first-order valence-corrected chi connectivity index (χ1v) is 16.1. The predicted molar refractivity (Wildman–Crippen MR) is 167 cm³/mol. The Kier molecular flexibility index (Phi) is 13.3. The highest BCUT2D eigenvalue weighted by atomic mass is 32.2. The number of methoxy groups -OCH3 is 1. The number of rotatable bonds is 16. The number of sulfonamides is 1. The van der Waals surface area contributed by atoms with Gasteiger partial charge in [0.1, 0.15) is 11.9 Å². The summed E-state index contributed by atoms with van der Waals surface area (Å²) in [6.45, 7) is 3.83. The van der Waals surface area contributed by atoms with Gasteiger partial charge in [-0.2, -0.15) is 4.31 Å². The molecular weight excluding hydrogens is 585 g/mol. The maximum atomic E-state index is 13.5. The number of unbranched alkanes of at least 4 members (excludes halogenated alkanes) is 1. The minimum absolute atomic E-state index is 0.0139. The molecule has 0 heterocycles. The van der Waals surface area contributed by atoms with E-state index in [-0.39, 0.29) is 30.5 Å². The van der Waals surface area contributed by atoms with Gasteiger partial charge in [-0.05, 0) is 54.2 Å². The van der Waals surface area contributed by atoms with Gasteiger partial charge < -0.3 is 20.5 Å². The largest absolute Gasteiger partial charge is 0.453 e. The van der Waals surface area contributed by atoms with E-state index in [9.17, 15) is 27.5 Å². The third kappa shape index (κ3) is 9.60. The van der Waals surface area contributed by atoms with Gasteiger partial charge in [0.15, 0.2) is 0 Å². The molecule has 44 heavy (non-hydrogen) atoms. The zero-order chi connectivity index (χ0) is 32.1. The van der Waals surface area contributed by atoms with Crippen molar-refractivity contribution in [2.45, 2.75) is 56.0 Å². The molecule has 2 amide bonds. The molecule has 0 saturated heterocycles. The van der Waals surface area contributed by atoms with Crippen molar-refractivity contribution in [1.29, 1.82) is 0 Å². The average Bonchev–Trinajstić information content (AvgIpc) is 3.02. The van der Waals surface area contributed by atoms with Crippen molar-refractivity contribution in [3.05, 3.63) is 102 Å². The Morgan fingerprint density at radius 1 is 0.909 bits per heavy atom. The van der Waals surface area contributed by atoms with Crippen LogP contribution >= 0.6 is 0 Å². The van der Waals surface area contributed by atoms with Crippen LogP contribution in [0, 0.1) is 11.7 Å². The lowest BCUT2D eigenvalue weighted by atomic mass is 9.84. The lowest BCUT2D eigenvalue weighted by Crippen LogP contribution is -2.50. The number of amides is 2. The first-order valence-electron chi connectivity index (χ1n) is 14.7. The molecule has 2 atom stereocenters. The number of hydrogen-bond acceptors (Lipinski definition) is 6. The van der Waals surface area contributed by atoms with Crippen LogP contribution in [0.4, 0.5) is 9.18 Å². The molecule has 0 saturated carbocycles. The van der Waals surface area contributed by atoms with E-state index in [1.54, 1.807) is 0 Å². The number of ether oxygens (including phenoxy) is 1. The minimum Gasteiger partial charge on any atom is -0.453 e. The van der Waals surface area contributed by atoms with Crippen LogP contribution in [-0.4, -0.2) is 68.7 Å². The van der Waals surface area contributed by atoms with Crippen molar-refractivity contribution in [1.82, 2.24) is 14.9 Å². The van der Waals surface area contributed by atoms with Crippen LogP contribution in [0.3, 0.4) is 0 Å². The average molecular weight is 628 g/mol. The highest BCUT2D eigenvalue weighted by molar-refractivity contribution is 7.89. The smallest absolute Gasteiger partial charge is 0.407 e. The van der Waals surface area contributed by atoms with E-state index >= 15 is 0 Å². The summed E-state index contributed by atoms with van der Waals surface area (Å²) >= 11 is 0. The Labute approximate surface area is 259 Å². The van der Waals surface area contributed by atoms with Gasteiger partial charge in [0.05, 0.1) is 18.6 Å². The molecule has 0 bridgehead atoms. The lowest BCUT2D eigenvalue weighted by molar-refractivity contribution is -0.123. The number of aliphatic hydroxyl groups is 1. The first-order chi connectivity index (χ1) is 21.1. The Morgan fingerprint density at radius 2 is 1.48 bits per heavy atom. The summed E-state index contributed by atoms with van der Waals surface area (Å²) in [5.74, 6) is -1.44. The van der Waals surface area contributed by atoms with Crippen LogP contribution in [0.25, 0.3) is 0 Å². The summed E-state index contributed by atoms with van der Waals surface area (Å²) in [6.07, 6.45) is 0.621. The van der Waals surface area contributed by atoms with E-state index < -0.39 is 45.8 Å². The second-order valence-electron chi connectivity index (χ2n) is 11.0. The van der Waals surface area contributed by atoms with Crippen LogP contribution in [0.1, 0.15) is 50.2 Å². The zero-order valence-electron chi connectivity index (χ0n) is 25.4. The first kappa shape index (κ1) is 34.7. The molecule has 0 aliphatic heterocycles. The second-order valence-corrected chi connectivity index (χ2v) is 12.8. The van der Waals surface area contributed by atoms with E-state index in [2.05, 4.69) is 10.6 Å².